The Morgan fingerprint density at radius 3 is 2.53 bits per heavy atom. The van der Waals surface area contributed by atoms with Gasteiger partial charge in [0.05, 0.1) is 6.54 Å². The van der Waals surface area contributed by atoms with Crippen LogP contribution < -0.4 is 5.73 Å². The second kappa shape index (κ2) is 6.42. The molecule has 0 aromatic heterocycles. The molecule has 0 saturated heterocycles. The molecular formula is C15H28N2. The zero-order valence-corrected chi connectivity index (χ0v) is 11.9. The van der Waals surface area contributed by atoms with E-state index in [1.807, 2.05) is 0 Å². The summed E-state index contributed by atoms with van der Waals surface area (Å²) in [4.78, 5) is 2.50. The highest BCUT2D eigenvalue weighted by Gasteiger charge is 2.29. The van der Waals surface area contributed by atoms with Crippen LogP contribution in [0, 0.1) is 23.2 Å². The molecule has 0 spiro atoms. The highest BCUT2D eigenvalue weighted by Crippen LogP contribution is 2.28. The first-order valence-electron chi connectivity index (χ1n) is 6.92. The molecule has 2 atom stereocenters. The minimum absolute atomic E-state index is 0.113. The van der Waals surface area contributed by atoms with E-state index >= 15 is 0 Å². The van der Waals surface area contributed by atoms with E-state index in [1.54, 1.807) is 0 Å². The van der Waals surface area contributed by atoms with Crippen molar-refractivity contribution in [1.82, 2.24) is 4.90 Å². The molecule has 1 fully saturated rings. The summed E-state index contributed by atoms with van der Waals surface area (Å²) in [5.74, 6) is 7.34. The van der Waals surface area contributed by atoms with E-state index < -0.39 is 0 Å². The quantitative estimate of drug-likeness (QED) is 0.760. The summed E-state index contributed by atoms with van der Waals surface area (Å²) in [7, 11) is 0. The number of hydrogen-bond donors (Lipinski definition) is 1. The Labute approximate surface area is 107 Å². The molecule has 2 nitrogen and oxygen atoms in total. The molecule has 0 aromatic rings. The van der Waals surface area contributed by atoms with Crippen molar-refractivity contribution >= 4 is 0 Å². The first kappa shape index (κ1) is 14.5. The predicted octanol–water partition coefficient (Wildman–Crippen LogP) is 2.49. The molecule has 1 aliphatic carbocycles. The van der Waals surface area contributed by atoms with Gasteiger partial charge in [0.25, 0.3) is 0 Å². The maximum atomic E-state index is 5.85. The van der Waals surface area contributed by atoms with Crippen LogP contribution in [0.2, 0.25) is 0 Å². The molecule has 2 heteroatoms. The van der Waals surface area contributed by atoms with Crippen LogP contribution in [0.5, 0.6) is 0 Å². The van der Waals surface area contributed by atoms with Gasteiger partial charge in [0, 0.05) is 11.5 Å². The monoisotopic (exact) mass is 236 g/mol. The number of hydrogen-bond acceptors (Lipinski definition) is 2. The number of nitrogens with zero attached hydrogens (tertiary/aromatic N) is 1. The fourth-order valence-corrected chi connectivity index (χ4v) is 2.64. The Hall–Kier alpha value is -0.520. The Kier molecular flexibility index (Phi) is 5.49. The van der Waals surface area contributed by atoms with Gasteiger partial charge in [0.1, 0.15) is 0 Å². The van der Waals surface area contributed by atoms with Crippen molar-refractivity contribution in [2.24, 2.45) is 17.1 Å². The third kappa shape index (κ3) is 4.69. The molecular weight excluding hydrogens is 208 g/mol. The largest absolute Gasteiger partial charge is 0.330 e. The van der Waals surface area contributed by atoms with Crippen LogP contribution in [0.3, 0.4) is 0 Å². The van der Waals surface area contributed by atoms with Crippen molar-refractivity contribution in [3.8, 4) is 11.8 Å². The molecule has 0 aliphatic heterocycles. The second-order valence-electron chi connectivity index (χ2n) is 6.11. The van der Waals surface area contributed by atoms with E-state index in [1.165, 1.54) is 19.3 Å². The lowest BCUT2D eigenvalue weighted by atomic mass is 9.98. The minimum atomic E-state index is 0.113. The van der Waals surface area contributed by atoms with Gasteiger partial charge in [-0.3, -0.25) is 4.90 Å². The fourth-order valence-electron chi connectivity index (χ4n) is 2.64. The predicted molar refractivity (Wildman–Crippen MR) is 74.7 cm³/mol. The molecule has 1 saturated carbocycles. The Morgan fingerprint density at radius 1 is 1.29 bits per heavy atom. The van der Waals surface area contributed by atoms with Gasteiger partial charge >= 0.3 is 0 Å². The van der Waals surface area contributed by atoms with E-state index in [9.17, 15) is 0 Å². The van der Waals surface area contributed by atoms with Gasteiger partial charge in [-0.2, -0.15) is 0 Å². The summed E-state index contributed by atoms with van der Waals surface area (Å²) in [6.45, 7) is 11.5. The smallest absolute Gasteiger partial charge is 0.0604 e. The van der Waals surface area contributed by atoms with Crippen molar-refractivity contribution in [3.63, 3.8) is 0 Å². The molecule has 0 heterocycles. The molecule has 98 valence electrons. The third-order valence-electron chi connectivity index (χ3n) is 3.54. The zero-order chi connectivity index (χ0) is 12.9. The Bertz CT molecular complexity index is 280. The molecule has 17 heavy (non-hydrogen) atoms. The van der Waals surface area contributed by atoms with Gasteiger partial charge in [-0.25, -0.2) is 0 Å². The molecule has 0 bridgehead atoms. The number of rotatable bonds is 4. The first-order valence-corrected chi connectivity index (χ1v) is 6.92. The van der Waals surface area contributed by atoms with E-state index in [0.717, 1.165) is 19.6 Å². The van der Waals surface area contributed by atoms with Gasteiger partial charge in [0.2, 0.25) is 0 Å². The molecule has 0 radical (unpaired) electrons. The second-order valence-corrected chi connectivity index (χ2v) is 6.11. The van der Waals surface area contributed by atoms with Gasteiger partial charge < -0.3 is 5.73 Å². The lowest BCUT2D eigenvalue weighted by Crippen LogP contribution is -2.40. The summed E-state index contributed by atoms with van der Waals surface area (Å²) in [6.07, 6.45) is 3.92. The fraction of sp³-hybridized carbons (Fsp3) is 0.867. The van der Waals surface area contributed by atoms with E-state index in [0.29, 0.717) is 12.0 Å². The molecule has 2 unspecified atom stereocenters. The zero-order valence-electron chi connectivity index (χ0n) is 11.9. The average molecular weight is 236 g/mol. The summed E-state index contributed by atoms with van der Waals surface area (Å²) >= 11 is 0. The highest BCUT2D eigenvalue weighted by atomic mass is 15.2. The molecule has 1 aliphatic rings. The van der Waals surface area contributed by atoms with E-state index in [4.69, 9.17) is 5.73 Å². The summed E-state index contributed by atoms with van der Waals surface area (Å²) < 4.78 is 0. The Morgan fingerprint density at radius 2 is 2.00 bits per heavy atom. The average Bonchev–Trinajstić information content (AvgIpc) is 2.70. The van der Waals surface area contributed by atoms with Crippen LogP contribution >= 0.6 is 0 Å². The highest BCUT2D eigenvalue weighted by molar-refractivity contribution is 5.09. The third-order valence-corrected chi connectivity index (χ3v) is 3.54. The van der Waals surface area contributed by atoms with Crippen molar-refractivity contribution in [3.05, 3.63) is 0 Å². The van der Waals surface area contributed by atoms with Crippen molar-refractivity contribution in [2.75, 3.05) is 19.6 Å². The normalized spacial score (nSPS) is 24.8. The Balaban J connectivity index is 2.55. The summed E-state index contributed by atoms with van der Waals surface area (Å²) in [5, 5.41) is 0. The van der Waals surface area contributed by atoms with Crippen molar-refractivity contribution < 1.29 is 0 Å². The van der Waals surface area contributed by atoms with Crippen LogP contribution in [-0.4, -0.2) is 30.6 Å². The minimum Gasteiger partial charge on any atom is -0.330 e. The van der Waals surface area contributed by atoms with Gasteiger partial charge in [0.15, 0.2) is 0 Å². The van der Waals surface area contributed by atoms with Crippen LogP contribution in [0.1, 0.15) is 47.0 Å². The van der Waals surface area contributed by atoms with Crippen molar-refractivity contribution in [2.45, 2.75) is 53.0 Å². The van der Waals surface area contributed by atoms with Gasteiger partial charge in [-0.15, -0.1) is 0 Å². The maximum absolute atomic E-state index is 5.85. The van der Waals surface area contributed by atoms with Crippen molar-refractivity contribution in [1.29, 1.82) is 0 Å². The summed E-state index contributed by atoms with van der Waals surface area (Å²) in [6, 6.07) is 0.666. The molecule has 0 amide bonds. The van der Waals surface area contributed by atoms with Crippen LogP contribution in [0.15, 0.2) is 0 Å². The van der Waals surface area contributed by atoms with Crippen LogP contribution in [-0.2, 0) is 0 Å². The first-order chi connectivity index (χ1) is 7.98. The van der Waals surface area contributed by atoms with E-state index in [-0.39, 0.29) is 5.41 Å². The standard InChI is InChI=1S/C15H28N2/c1-5-17(11-7-10-15(2,3)4)14-9-6-8-13(14)12-16/h13-14H,5-6,8-9,11-12,16H2,1-4H3. The molecule has 1 rings (SSSR count). The molecule has 2 N–H and O–H groups in total. The van der Waals surface area contributed by atoms with Crippen LogP contribution in [0.4, 0.5) is 0 Å². The lowest BCUT2D eigenvalue weighted by Gasteiger charge is -2.30. The maximum Gasteiger partial charge on any atom is 0.0604 e. The van der Waals surface area contributed by atoms with Crippen LogP contribution in [0.25, 0.3) is 0 Å². The lowest BCUT2D eigenvalue weighted by molar-refractivity contribution is 0.191. The summed E-state index contributed by atoms with van der Waals surface area (Å²) in [5.41, 5.74) is 5.97. The SMILES string of the molecule is CCN(CC#CC(C)(C)C)C1CCCC1CN. The van der Waals surface area contributed by atoms with Gasteiger partial charge in [-0.1, -0.05) is 25.2 Å². The topological polar surface area (TPSA) is 29.3 Å². The number of nitrogens with two attached hydrogens (primary N) is 1. The van der Waals surface area contributed by atoms with Gasteiger partial charge in [-0.05, 0) is 52.6 Å². The molecule has 0 aromatic carbocycles. The van der Waals surface area contributed by atoms with E-state index in [2.05, 4.69) is 44.4 Å².